The molecule has 0 spiro atoms. The summed E-state index contributed by atoms with van der Waals surface area (Å²) in [6.45, 7) is 2.15. The van der Waals surface area contributed by atoms with E-state index in [1.54, 1.807) is 0 Å². The standard InChI is InChI=1S/C25H28ClN3O2/c1-2-17-4-3-5-21(14-17)31-16-25(30)29-20-9-7-19(8-10-20)28-23-12-13-27-24-15-18(26)6-11-22(23)24/h3-6,11-15,19-20H,2,7-10,16H2,1H3,(H,27,28)(H,29,30). The Morgan fingerprint density at radius 3 is 2.71 bits per heavy atom. The number of ether oxygens (including phenoxy) is 1. The summed E-state index contributed by atoms with van der Waals surface area (Å²) in [5.41, 5.74) is 3.17. The van der Waals surface area contributed by atoms with Gasteiger partial charge in [-0.1, -0.05) is 30.7 Å². The number of nitrogens with one attached hydrogen (secondary N) is 2. The summed E-state index contributed by atoms with van der Waals surface area (Å²) in [5.74, 6) is 0.684. The smallest absolute Gasteiger partial charge is 0.258 e. The maximum atomic E-state index is 12.3. The molecule has 0 bridgehead atoms. The number of aryl methyl sites for hydroxylation is 1. The number of carbonyl (C=O) groups is 1. The molecule has 4 rings (SSSR count). The van der Waals surface area contributed by atoms with Gasteiger partial charge in [-0.2, -0.15) is 0 Å². The largest absolute Gasteiger partial charge is 0.484 e. The lowest BCUT2D eigenvalue weighted by molar-refractivity contribution is -0.124. The average molecular weight is 438 g/mol. The molecule has 31 heavy (non-hydrogen) atoms. The molecule has 0 unspecified atom stereocenters. The minimum absolute atomic E-state index is 0.0525. The van der Waals surface area contributed by atoms with E-state index in [-0.39, 0.29) is 18.6 Å². The zero-order valence-electron chi connectivity index (χ0n) is 17.7. The SMILES string of the molecule is CCc1cccc(OCC(=O)NC2CCC(Nc3ccnc4cc(Cl)ccc34)CC2)c1. The molecule has 0 aliphatic heterocycles. The van der Waals surface area contributed by atoms with Crippen LogP contribution in [0.1, 0.15) is 38.2 Å². The molecule has 162 valence electrons. The highest BCUT2D eigenvalue weighted by Gasteiger charge is 2.23. The van der Waals surface area contributed by atoms with Crippen LogP contribution >= 0.6 is 11.6 Å². The van der Waals surface area contributed by atoms with Crippen LogP contribution in [0.5, 0.6) is 5.75 Å². The second-order valence-electron chi connectivity index (χ2n) is 8.07. The Morgan fingerprint density at radius 2 is 1.90 bits per heavy atom. The third-order valence-electron chi connectivity index (χ3n) is 5.83. The van der Waals surface area contributed by atoms with E-state index in [9.17, 15) is 4.79 Å². The Bertz CT molecular complexity index is 1050. The molecule has 0 atom stereocenters. The Kier molecular flexibility index (Phi) is 6.92. The van der Waals surface area contributed by atoms with Crippen LogP contribution in [-0.2, 0) is 11.2 Å². The number of nitrogens with zero attached hydrogens (tertiary/aromatic N) is 1. The van der Waals surface area contributed by atoms with Crippen molar-refractivity contribution < 1.29 is 9.53 Å². The van der Waals surface area contributed by atoms with Crippen molar-refractivity contribution in [3.63, 3.8) is 0 Å². The topological polar surface area (TPSA) is 63.2 Å². The fraction of sp³-hybridized carbons (Fsp3) is 0.360. The molecule has 1 fully saturated rings. The summed E-state index contributed by atoms with van der Waals surface area (Å²) in [5, 5.41) is 8.54. The normalized spacial score (nSPS) is 18.5. The summed E-state index contributed by atoms with van der Waals surface area (Å²) < 4.78 is 5.66. The first kappa shape index (κ1) is 21.4. The highest BCUT2D eigenvalue weighted by Crippen LogP contribution is 2.28. The lowest BCUT2D eigenvalue weighted by Crippen LogP contribution is -2.42. The minimum Gasteiger partial charge on any atom is -0.484 e. The number of pyridine rings is 1. The third-order valence-corrected chi connectivity index (χ3v) is 6.07. The molecule has 1 aliphatic carbocycles. The van der Waals surface area contributed by atoms with Gasteiger partial charge in [-0.15, -0.1) is 0 Å². The molecule has 1 amide bonds. The summed E-state index contributed by atoms with van der Waals surface area (Å²) in [4.78, 5) is 16.7. The number of amides is 1. The molecule has 1 heterocycles. The van der Waals surface area contributed by atoms with Crippen molar-refractivity contribution in [1.82, 2.24) is 10.3 Å². The minimum atomic E-state index is -0.0599. The number of rotatable bonds is 7. The van der Waals surface area contributed by atoms with Crippen LogP contribution in [0.2, 0.25) is 5.02 Å². The third kappa shape index (κ3) is 5.67. The summed E-state index contributed by atoms with van der Waals surface area (Å²) in [7, 11) is 0. The van der Waals surface area contributed by atoms with Crippen molar-refractivity contribution in [2.24, 2.45) is 0 Å². The first-order valence-electron chi connectivity index (χ1n) is 10.9. The van der Waals surface area contributed by atoms with Crippen molar-refractivity contribution in [3.05, 3.63) is 65.3 Å². The molecular formula is C25H28ClN3O2. The Hall–Kier alpha value is -2.79. The average Bonchev–Trinajstić information content (AvgIpc) is 2.79. The highest BCUT2D eigenvalue weighted by molar-refractivity contribution is 6.31. The van der Waals surface area contributed by atoms with Crippen molar-refractivity contribution in [2.75, 3.05) is 11.9 Å². The number of hydrogen-bond donors (Lipinski definition) is 2. The van der Waals surface area contributed by atoms with Gasteiger partial charge in [0.15, 0.2) is 6.61 Å². The van der Waals surface area contributed by atoms with Gasteiger partial charge >= 0.3 is 0 Å². The van der Waals surface area contributed by atoms with E-state index < -0.39 is 0 Å². The van der Waals surface area contributed by atoms with Crippen LogP contribution in [0.3, 0.4) is 0 Å². The van der Waals surface area contributed by atoms with Crippen molar-refractivity contribution in [1.29, 1.82) is 0 Å². The maximum Gasteiger partial charge on any atom is 0.258 e. The van der Waals surface area contributed by atoms with Crippen LogP contribution in [-0.4, -0.2) is 29.6 Å². The van der Waals surface area contributed by atoms with Crippen molar-refractivity contribution in [2.45, 2.75) is 51.1 Å². The van der Waals surface area contributed by atoms with Gasteiger partial charge in [0, 0.05) is 34.4 Å². The van der Waals surface area contributed by atoms with Crippen LogP contribution < -0.4 is 15.4 Å². The number of benzene rings is 2. The van der Waals surface area contributed by atoms with Gasteiger partial charge in [-0.3, -0.25) is 9.78 Å². The fourth-order valence-electron chi connectivity index (χ4n) is 4.12. The zero-order chi connectivity index (χ0) is 21.6. The van der Waals surface area contributed by atoms with Crippen molar-refractivity contribution >= 4 is 34.1 Å². The first-order chi connectivity index (χ1) is 15.1. The number of carbonyl (C=O) groups excluding carboxylic acids is 1. The Labute approximate surface area is 188 Å². The fourth-order valence-corrected chi connectivity index (χ4v) is 4.29. The maximum absolute atomic E-state index is 12.3. The summed E-state index contributed by atoms with van der Waals surface area (Å²) in [6, 6.07) is 16.3. The van der Waals surface area contributed by atoms with Gasteiger partial charge < -0.3 is 15.4 Å². The summed E-state index contributed by atoms with van der Waals surface area (Å²) >= 11 is 6.09. The van der Waals surface area contributed by atoms with Crippen LogP contribution in [0, 0.1) is 0 Å². The van der Waals surface area contributed by atoms with Crippen LogP contribution in [0.25, 0.3) is 10.9 Å². The van der Waals surface area contributed by atoms with Gasteiger partial charge in [-0.05, 0) is 74.1 Å². The predicted molar refractivity (Wildman–Crippen MR) is 126 cm³/mol. The van der Waals surface area contributed by atoms with Crippen LogP contribution in [0.4, 0.5) is 5.69 Å². The molecular weight excluding hydrogens is 410 g/mol. The van der Waals surface area contributed by atoms with Gasteiger partial charge in [0.1, 0.15) is 5.75 Å². The van der Waals surface area contributed by atoms with E-state index in [2.05, 4.69) is 28.6 Å². The number of anilines is 1. The molecule has 3 aromatic rings. The number of hydrogen-bond acceptors (Lipinski definition) is 4. The molecule has 6 heteroatoms. The molecule has 2 N–H and O–H groups in total. The van der Waals surface area contributed by atoms with Gasteiger partial charge in [0.2, 0.25) is 0 Å². The molecule has 5 nitrogen and oxygen atoms in total. The molecule has 1 aromatic heterocycles. The van der Waals surface area contributed by atoms with E-state index >= 15 is 0 Å². The lowest BCUT2D eigenvalue weighted by Gasteiger charge is -2.30. The molecule has 0 radical (unpaired) electrons. The van der Waals surface area contributed by atoms with E-state index in [4.69, 9.17) is 16.3 Å². The second kappa shape index (κ2) is 10.0. The monoisotopic (exact) mass is 437 g/mol. The van der Waals surface area contributed by atoms with E-state index in [1.807, 2.05) is 48.7 Å². The summed E-state index contributed by atoms with van der Waals surface area (Å²) in [6.07, 6.45) is 6.66. The first-order valence-corrected chi connectivity index (χ1v) is 11.3. The number of fused-ring (bicyclic) bond motifs is 1. The van der Waals surface area contributed by atoms with Gasteiger partial charge in [-0.25, -0.2) is 0 Å². The molecule has 0 saturated heterocycles. The van der Waals surface area contributed by atoms with Crippen molar-refractivity contribution in [3.8, 4) is 5.75 Å². The lowest BCUT2D eigenvalue weighted by atomic mass is 9.91. The van der Waals surface area contributed by atoms with E-state index in [1.165, 1.54) is 5.56 Å². The van der Waals surface area contributed by atoms with Gasteiger partial charge in [0.05, 0.1) is 5.52 Å². The molecule has 2 aromatic carbocycles. The Morgan fingerprint density at radius 1 is 1.10 bits per heavy atom. The predicted octanol–water partition coefficient (Wildman–Crippen LogP) is 5.37. The number of halogens is 1. The van der Waals surface area contributed by atoms with E-state index in [0.717, 1.165) is 54.4 Å². The zero-order valence-corrected chi connectivity index (χ0v) is 18.5. The molecule has 1 aliphatic rings. The number of aromatic nitrogens is 1. The Balaban J connectivity index is 1.25. The highest BCUT2D eigenvalue weighted by atomic mass is 35.5. The van der Waals surface area contributed by atoms with E-state index in [0.29, 0.717) is 11.1 Å². The van der Waals surface area contributed by atoms with Gasteiger partial charge in [0.25, 0.3) is 5.91 Å². The second-order valence-corrected chi connectivity index (χ2v) is 8.51. The quantitative estimate of drug-likeness (QED) is 0.521. The van der Waals surface area contributed by atoms with Crippen LogP contribution in [0.15, 0.2) is 54.7 Å². The molecule has 1 saturated carbocycles.